The molecule has 84 valence electrons. The molecule has 0 aliphatic rings. The number of aromatic nitrogens is 1. The third kappa shape index (κ3) is 1.93. The van der Waals surface area contributed by atoms with Crippen molar-refractivity contribution in [1.82, 2.24) is 4.98 Å². The first kappa shape index (κ1) is 10.4. The van der Waals surface area contributed by atoms with Gasteiger partial charge in [0.25, 0.3) is 0 Å². The molecule has 0 fully saturated rings. The van der Waals surface area contributed by atoms with Crippen LogP contribution in [0.3, 0.4) is 0 Å². The first-order chi connectivity index (χ1) is 8.22. The summed E-state index contributed by atoms with van der Waals surface area (Å²) in [5.74, 6) is 0.486. The number of rotatable bonds is 1. The van der Waals surface area contributed by atoms with E-state index in [0.717, 1.165) is 19.9 Å². The van der Waals surface area contributed by atoms with Crippen molar-refractivity contribution in [2.24, 2.45) is 0 Å². The molecule has 0 aliphatic carbocycles. The average Bonchev–Trinajstić information content (AvgIpc) is 2.72. The molecule has 4 heteroatoms. The molecule has 3 aromatic rings. The maximum atomic E-state index is 9.45. The topological polar surface area (TPSA) is 53.4 Å². The zero-order valence-electron chi connectivity index (χ0n) is 8.79. The van der Waals surface area contributed by atoms with E-state index in [1.165, 1.54) is 0 Å². The third-order valence-corrected chi connectivity index (χ3v) is 4.74. The van der Waals surface area contributed by atoms with Gasteiger partial charge in [0.05, 0.1) is 0 Å². The summed E-state index contributed by atoms with van der Waals surface area (Å²) in [6.45, 7) is 0. The number of fused-ring (bicyclic) bond motifs is 1. The predicted molar refractivity (Wildman–Crippen MR) is 67.4 cm³/mol. The van der Waals surface area contributed by atoms with Crippen LogP contribution in [0.2, 0.25) is 0 Å². The zero-order valence-corrected chi connectivity index (χ0v) is 10.5. The molecule has 0 unspecified atom stereocenters. The van der Waals surface area contributed by atoms with Crippen LogP contribution in [0.1, 0.15) is 0 Å². The fourth-order valence-corrected chi connectivity index (χ4v) is 3.66. The second-order valence-electron chi connectivity index (χ2n) is 3.72. The van der Waals surface area contributed by atoms with Gasteiger partial charge in [0.15, 0.2) is 0 Å². The molecule has 0 radical (unpaired) electrons. The van der Waals surface area contributed by atoms with Gasteiger partial charge in [-0.05, 0) is 0 Å². The number of phenolic OH excluding ortho intramolecular Hbond substituents is 2. The molecule has 2 N–H and O–H groups in total. The molecule has 1 aromatic heterocycles. The van der Waals surface area contributed by atoms with Crippen LogP contribution in [-0.2, 0) is 0 Å². The number of phenols is 2. The molecule has 0 bridgehead atoms. The Labute approximate surface area is 104 Å². The van der Waals surface area contributed by atoms with Gasteiger partial charge in [-0.25, -0.2) is 0 Å². The second-order valence-corrected chi connectivity index (χ2v) is 5.88. The van der Waals surface area contributed by atoms with Crippen LogP contribution in [0.5, 0.6) is 11.5 Å². The summed E-state index contributed by atoms with van der Waals surface area (Å²) < 4.78 is 2.14. The van der Waals surface area contributed by atoms with Gasteiger partial charge in [0.1, 0.15) is 0 Å². The van der Waals surface area contributed by atoms with Crippen molar-refractivity contribution in [3.05, 3.63) is 42.5 Å². The molecule has 0 aliphatic heterocycles. The van der Waals surface area contributed by atoms with Gasteiger partial charge in [-0.15, -0.1) is 0 Å². The molecule has 0 saturated carbocycles. The summed E-state index contributed by atoms with van der Waals surface area (Å²) in [5.41, 5.74) is 1.78. The van der Waals surface area contributed by atoms with E-state index in [4.69, 9.17) is 0 Å². The summed E-state index contributed by atoms with van der Waals surface area (Å²) in [6.07, 6.45) is 0. The van der Waals surface area contributed by atoms with Gasteiger partial charge in [0.2, 0.25) is 0 Å². The Bertz CT molecular complexity index is 691. The molecule has 0 atom stereocenters. The van der Waals surface area contributed by atoms with E-state index in [1.807, 2.05) is 18.2 Å². The van der Waals surface area contributed by atoms with Crippen molar-refractivity contribution < 1.29 is 10.2 Å². The van der Waals surface area contributed by atoms with Crippen LogP contribution in [0.25, 0.3) is 19.9 Å². The maximum absolute atomic E-state index is 9.45. The Balaban J connectivity index is 2.18. The zero-order chi connectivity index (χ0) is 11.8. The normalized spacial score (nSPS) is 10.8. The van der Waals surface area contributed by atoms with E-state index in [9.17, 15) is 10.2 Å². The molecule has 17 heavy (non-hydrogen) atoms. The van der Waals surface area contributed by atoms with E-state index in [0.29, 0.717) is 0 Å². The van der Waals surface area contributed by atoms with Crippen molar-refractivity contribution in [1.29, 1.82) is 0 Å². The molecule has 2 aromatic carbocycles. The van der Waals surface area contributed by atoms with Gasteiger partial charge in [-0.3, -0.25) is 0 Å². The standard InChI is InChI=1S/C13H9NO2Se/c15-9-3-1-2-8(6-9)13-14-11-7-10(16)4-5-12(11)17-13/h1-7,15-16H. The Morgan fingerprint density at radius 3 is 2.59 bits per heavy atom. The van der Waals surface area contributed by atoms with E-state index < -0.39 is 0 Å². The monoisotopic (exact) mass is 291 g/mol. The average molecular weight is 290 g/mol. The van der Waals surface area contributed by atoms with Crippen LogP contribution in [0.4, 0.5) is 0 Å². The van der Waals surface area contributed by atoms with Gasteiger partial charge in [-0.1, -0.05) is 0 Å². The summed E-state index contributed by atoms with van der Waals surface area (Å²) in [5, 5.41) is 18.8. The fraction of sp³-hybridized carbons (Fsp3) is 0. The van der Waals surface area contributed by atoms with Gasteiger partial charge >= 0.3 is 104 Å². The Kier molecular flexibility index (Phi) is 2.39. The van der Waals surface area contributed by atoms with Crippen LogP contribution in [0.15, 0.2) is 42.5 Å². The molecule has 0 spiro atoms. The van der Waals surface area contributed by atoms with Gasteiger partial charge in [-0.2, -0.15) is 0 Å². The molecule has 3 rings (SSSR count). The molecule has 1 heterocycles. The SMILES string of the molecule is Oc1cccc(-c2nc3cc(O)ccc3[se]2)c1. The number of benzene rings is 2. The predicted octanol–water partition coefficient (Wildman–Crippen LogP) is 2.37. The number of hydrogen-bond acceptors (Lipinski definition) is 3. The summed E-state index contributed by atoms with van der Waals surface area (Å²) in [7, 11) is 0. The van der Waals surface area contributed by atoms with Crippen molar-refractivity contribution in [2.45, 2.75) is 0 Å². The Morgan fingerprint density at radius 2 is 1.76 bits per heavy atom. The molecular weight excluding hydrogens is 281 g/mol. The van der Waals surface area contributed by atoms with Crippen molar-refractivity contribution in [3.63, 3.8) is 0 Å². The van der Waals surface area contributed by atoms with Gasteiger partial charge < -0.3 is 0 Å². The Morgan fingerprint density at radius 1 is 0.941 bits per heavy atom. The fourth-order valence-electron chi connectivity index (χ4n) is 1.68. The molecule has 0 amide bonds. The molecule has 0 saturated heterocycles. The van der Waals surface area contributed by atoms with Gasteiger partial charge in [0, 0.05) is 0 Å². The van der Waals surface area contributed by atoms with Crippen LogP contribution >= 0.6 is 0 Å². The molecular formula is C13H9NO2Se. The summed E-state index contributed by atoms with van der Waals surface area (Å²) in [4.78, 5) is 4.50. The van der Waals surface area contributed by atoms with E-state index in [-0.39, 0.29) is 26.0 Å². The van der Waals surface area contributed by atoms with Crippen LogP contribution < -0.4 is 0 Å². The minimum absolute atomic E-state index is 0.136. The first-order valence-corrected chi connectivity index (χ1v) is 6.83. The van der Waals surface area contributed by atoms with Crippen molar-refractivity contribution >= 4 is 24.3 Å². The number of hydrogen-bond donors (Lipinski definition) is 2. The third-order valence-electron chi connectivity index (χ3n) is 2.46. The van der Waals surface area contributed by atoms with Crippen molar-refractivity contribution in [3.8, 4) is 21.6 Å². The Hall–Kier alpha value is -1.77. The van der Waals surface area contributed by atoms with Crippen molar-refractivity contribution in [2.75, 3.05) is 0 Å². The number of aromatic hydroxyl groups is 2. The van der Waals surface area contributed by atoms with E-state index in [1.54, 1.807) is 24.3 Å². The first-order valence-electron chi connectivity index (χ1n) is 5.11. The van der Waals surface area contributed by atoms with Crippen LogP contribution in [-0.4, -0.2) is 29.7 Å². The van der Waals surface area contributed by atoms with E-state index >= 15 is 0 Å². The molecule has 3 nitrogen and oxygen atoms in total. The summed E-state index contributed by atoms with van der Waals surface area (Å²) >= 11 is 0.136. The summed E-state index contributed by atoms with van der Waals surface area (Å²) in [6, 6.07) is 12.4. The number of nitrogens with zero attached hydrogens (tertiary/aromatic N) is 1. The minimum atomic E-state index is 0.136. The quantitative estimate of drug-likeness (QED) is 0.677. The van der Waals surface area contributed by atoms with E-state index in [2.05, 4.69) is 4.98 Å². The van der Waals surface area contributed by atoms with Crippen LogP contribution in [0, 0.1) is 0 Å². The second kappa shape index (κ2) is 3.91.